The summed E-state index contributed by atoms with van der Waals surface area (Å²) in [6.45, 7) is 2.48. The number of hydrogen-bond donors (Lipinski definition) is 3. The second-order valence-corrected chi connectivity index (χ2v) is 8.57. The molecule has 0 radical (unpaired) electrons. The monoisotopic (exact) mass is 420 g/mol. The molecular formula is C20H26F2N6O2. The van der Waals surface area contributed by atoms with Crippen molar-refractivity contribution in [2.45, 2.75) is 57.4 Å². The van der Waals surface area contributed by atoms with Gasteiger partial charge in [0.1, 0.15) is 5.82 Å². The summed E-state index contributed by atoms with van der Waals surface area (Å²) in [7, 11) is 0. The predicted octanol–water partition coefficient (Wildman–Crippen LogP) is 2.93. The van der Waals surface area contributed by atoms with Crippen molar-refractivity contribution < 1.29 is 18.4 Å². The molecule has 8 nitrogen and oxygen atoms in total. The number of nitrogen functional groups attached to an aromatic ring is 1. The Balaban J connectivity index is 1.51. The first-order valence-electron chi connectivity index (χ1n) is 10.3. The van der Waals surface area contributed by atoms with Gasteiger partial charge in [-0.25, -0.2) is 13.8 Å². The van der Waals surface area contributed by atoms with E-state index in [1.165, 1.54) is 12.4 Å². The van der Waals surface area contributed by atoms with Crippen LogP contribution in [-0.2, 0) is 9.59 Å². The second kappa shape index (κ2) is 7.81. The van der Waals surface area contributed by atoms with Gasteiger partial charge >= 0.3 is 11.8 Å². The first-order valence-corrected chi connectivity index (χ1v) is 10.3. The molecule has 2 aromatic heterocycles. The lowest BCUT2D eigenvalue weighted by Gasteiger charge is -2.44. The number of amides is 2. The number of hydrogen-bond acceptors (Lipinski definition) is 5. The number of pyridine rings is 1. The van der Waals surface area contributed by atoms with Crippen LogP contribution in [0, 0.1) is 11.8 Å². The van der Waals surface area contributed by atoms with Crippen LogP contribution in [0.2, 0.25) is 0 Å². The Bertz CT molecular complexity index is 952. The minimum Gasteiger partial charge on any atom is -0.383 e. The molecule has 1 aliphatic heterocycles. The van der Waals surface area contributed by atoms with E-state index in [4.69, 9.17) is 5.73 Å². The average Bonchev–Trinajstić information content (AvgIpc) is 3.21. The van der Waals surface area contributed by atoms with Crippen molar-refractivity contribution >= 4 is 34.2 Å². The lowest BCUT2D eigenvalue weighted by atomic mass is 9.77. The van der Waals surface area contributed by atoms with E-state index in [0.717, 1.165) is 12.8 Å². The van der Waals surface area contributed by atoms with E-state index < -0.39 is 17.7 Å². The fourth-order valence-electron chi connectivity index (χ4n) is 4.70. The van der Waals surface area contributed by atoms with Gasteiger partial charge in [0.15, 0.2) is 0 Å². The summed E-state index contributed by atoms with van der Waals surface area (Å²) in [6.07, 6.45) is 4.93. The van der Waals surface area contributed by atoms with E-state index in [1.54, 1.807) is 4.90 Å². The van der Waals surface area contributed by atoms with Gasteiger partial charge in [0, 0.05) is 25.4 Å². The predicted molar refractivity (Wildman–Crippen MR) is 108 cm³/mol. The number of aromatic amines is 1. The van der Waals surface area contributed by atoms with Gasteiger partial charge in [-0.15, -0.1) is 0 Å². The third-order valence-electron chi connectivity index (χ3n) is 6.39. The van der Waals surface area contributed by atoms with Crippen LogP contribution in [0.1, 0.15) is 45.4 Å². The molecule has 2 fully saturated rings. The summed E-state index contributed by atoms with van der Waals surface area (Å²) in [5.74, 6) is -3.54. The summed E-state index contributed by atoms with van der Waals surface area (Å²) >= 11 is 0. The van der Waals surface area contributed by atoms with Crippen molar-refractivity contribution in [1.29, 1.82) is 0 Å². The van der Waals surface area contributed by atoms with Gasteiger partial charge < -0.3 is 16.0 Å². The highest BCUT2D eigenvalue weighted by Crippen LogP contribution is 2.41. The highest BCUT2D eigenvalue weighted by molar-refractivity contribution is 6.40. The molecule has 2 aromatic rings. The third-order valence-corrected chi connectivity index (χ3v) is 6.39. The van der Waals surface area contributed by atoms with Gasteiger partial charge in [-0.2, -0.15) is 5.10 Å². The molecule has 1 aliphatic carbocycles. The van der Waals surface area contributed by atoms with Crippen molar-refractivity contribution in [2.24, 2.45) is 11.8 Å². The van der Waals surface area contributed by atoms with Crippen LogP contribution in [-0.4, -0.2) is 50.4 Å². The molecule has 4 N–H and O–H groups in total. The molecule has 2 aliphatic rings. The number of carbonyl (C=O) groups is 2. The first kappa shape index (κ1) is 20.5. The zero-order valence-corrected chi connectivity index (χ0v) is 16.8. The normalized spacial score (nSPS) is 24.7. The molecule has 0 aromatic carbocycles. The van der Waals surface area contributed by atoms with E-state index in [1.807, 2.05) is 6.92 Å². The molecule has 30 heavy (non-hydrogen) atoms. The zero-order valence-electron chi connectivity index (χ0n) is 16.8. The lowest BCUT2D eigenvalue weighted by molar-refractivity contribution is -0.148. The van der Waals surface area contributed by atoms with E-state index >= 15 is 0 Å². The summed E-state index contributed by atoms with van der Waals surface area (Å²) < 4.78 is 27.2. The maximum Gasteiger partial charge on any atom is 0.314 e. The number of fused-ring (bicyclic) bond motifs is 1. The Morgan fingerprint density at radius 2 is 1.97 bits per heavy atom. The van der Waals surface area contributed by atoms with Crippen molar-refractivity contribution in [2.75, 3.05) is 17.6 Å². The number of likely N-dealkylation sites (tertiary alicyclic amines) is 1. The summed E-state index contributed by atoms with van der Waals surface area (Å²) in [4.78, 5) is 31.5. The fraction of sp³-hybridized carbons (Fsp3) is 0.600. The van der Waals surface area contributed by atoms with E-state index in [2.05, 4.69) is 20.5 Å². The largest absolute Gasteiger partial charge is 0.383 e. The molecular weight excluding hydrogens is 394 g/mol. The molecule has 1 saturated heterocycles. The smallest absolute Gasteiger partial charge is 0.314 e. The number of nitrogens with two attached hydrogens (primary N) is 1. The molecule has 3 heterocycles. The molecule has 2 unspecified atom stereocenters. The molecule has 4 rings (SSSR count). The molecule has 2 amide bonds. The number of nitrogens with one attached hydrogen (secondary N) is 2. The van der Waals surface area contributed by atoms with Crippen LogP contribution in [0.15, 0.2) is 12.4 Å². The first-order chi connectivity index (χ1) is 14.2. The number of carbonyl (C=O) groups excluding carboxylic acids is 2. The molecule has 0 spiro atoms. The quantitative estimate of drug-likeness (QED) is 0.646. The van der Waals surface area contributed by atoms with Crippen molar-refractivity contribution in [3.05, 3.63) is 12.4 Å². The summed E-state index contributed by atoms with van der Waals surface area (Å²) in [6, 6.07) is -0.188. The highest BCUT2D eigenvalue weighted by atomic mass is 19.3. The average molecular weight is 420 g/mol. The Morgan fingerprint density at radius 3 is 2.70 bits per heavy atom. The fourth-order valence-corrected chi connectivity index (χ4v) is 4.70. The number of anilines is 2. The number of nitrogens with zero attached hydrogens (tertiary/aromatic N) is 3. The highest BCUT2D eigenvalue weighted by Gasteiger charge is 2.42. The minimum absolute atomic E-state index is 0.00798. The standard InChI is InChI=1S/C20H26F2N6O2/c1-11-2-3-15(12-4-6-20(21,22)7-5-12)28(10-11)19(30)18(29)26-14-9-24-17(23)13-8-25-27-16(13)14/h8-9,11-12,15H,2-7,10H2,1H3,(H2,23,24)(H,25,27)(H,26,29). The van der Waals surface area contributed by atoms with Gasteiger partial charge in [-0.05, 0) is 37.5 Å². The van der Waals surface area contributed by atoms with Crippen molar-refractivity contribution in [3.8, 4) is 0 Å². The van der Waals surface area contributed by atoms with E-state index in [-0.39, 0.29) is 36.5 Å². The number of piperidine rings is 1. The summed E-state index contributed by atoms with van der Waals surface area (Å²) in [5, 5.41) is 9.81. The second-order valence-electron chi connectivity index (χ2n) is 8.57. The molecule has 162 valence electrons. The van der Waals surface area contributed by atoms with Crippen LogP contribution in [0.4, 0.5) is 20.3 Å². The number of halogens is 2. The Labute approximate surface area is 172 Å². The van der Waals surface area contributed by atoms with Crippen LogP contribution in [0.25, 0.3) is 10.9 Å². The van der Waals surface area contributed by atoms with Gasteiger partial charge in [0.05, 0.1) is 29.0 Å². The van der Waals surface area contributed by atoms with E-state index in [0.29, 0.717) is 36.0 Å². The lowest BCUT2D eigenvalue weighted by Crippen LogP contribution is -2.53. The number of H-pyrrole nitrogens is 1. The summed E-state index contributed by atoms with van der Waals surface area (Å²) in [5.41, 5.74) is 6.60. The molecule has 1 saturated carbocycles. The van der Waals surface area contributed by atoms with Crippen LogP contribution in [0.5, 0.6) is 0 Å². The van der Waals surface area contributed by atoms with Crippen molar-refractivity contribution in [3.63, 3.8) is 0 Å². The molecule has 0 bridgehead atoms. The SMILES string of the molecule is CC1CCC(C2CCC(F)(F)CC2)N(C(=O)C(=O)Nc2cnc(N)c3cn[nH]c23)C1. The van der Waals surface area contributed by atoms with Crippen LogP contribution >= 0.6 is 0 Å². The topological polar surface area (TPSA) is 117 Å². The van der Waals surface area contributed by atoms with E-state index in [9.17, 15) is 18.4 Å². The minimum atomic E-state index is -2.62. The van der Waals surface area contributed by atoms with Gasteiger partial charge in [-0.3, -0.25) is 14.7 Å². The molecule has 10 heteroatoms. The third kappa shape index (κ3) is 3.95. The van der Waals surface area contributed by atoms with Crippen molar-refractivity contribution in [1.82, 2.24) is 20.1 Å². The molecule has 2 atom stereocenters. The number of rotatable bonds is 2. The Hall–Kier alpha value is -2.78. The van der Waals surface area contributed by atoms with Gasteiger partial charge in [0.2, 0.25) is 5.92 Å². The van der Waals surface area contributed by atoms with Gasteiger partial charge in [-0.1, -0.05) is 6.92 Å². The Kier molecular flexibility index (Phi) is 5.33. The van der Waals surface area contributed by atoms with Crippen LogP contribution < -0.4 is 11.1 Å². The zero-order chi connectivity index (χ0) is 21.5. The maximum absolute atomic E-state index is 13.6. The number of alkyl halides is 2. The van der Waals surface area contributed by atoms with Gasteiger partial charge in [0.25, 0.3) is 0 Å². The maximum atomic E-state index is 13.6. The Morgan fingerprint density at radius 1 is 1.23 bits per heavy atom. The van der Waals surface area contributed by atoms with Crippen LogP contribution in [0.3, 0.4) is 0 Å². The number of aromatic nitrogens is 3.